The molecule has 0 aliphatic rings. The normalized spacial score (nSPS) is 13.4. The Morgan fingerprint density at radius 3 is 2.76 bits per heavy atom. The van der Waals surface area contributed by atoms with Gasteiger partial charge in [0.2, 0.25) is 10.0 Å². The van der Waals surface area contributed by atoms with Gasteiger partial charge in [-0.3, -0.25) is 4.21 Å². The highest BCUT2D eigenvalue weighted by Crippen LogP contribution is 2.19. The third-order valence-corrected chi connectivity index (χ3v) is 5.37. The quantitative estimate of drug-likeness (QED) is 0.640. The molecule has 0 aliphatic carbocycles. The van der Waals surface area contributed by atoms with Gasteiger partial charge in [0, 0.05) is 34.7 Å². The zero-order valence-electron chi connectivity index (χ0n) is 11.4. The molecule has 0 fully saturated rings. The van der Waals surface area contributed by atoms with Crippen LogP contribution in [0.4, 0.5) is 0 Å². The molecule has 1 aromatic heterocycles. The molecule has 1 unspecified atom stereocenters. The Balaban J connectivity index is 2.16. The van der Waals surface area contributed by atoms with E-state index >= 15 is 0 Å². The summed E-state index contributed by atoms with van der Waals surface area (Å²) in [5.74, 6) is 0.475. The molecule has 1 N–H and O–H groups in total. The molecule has 114 valence electrons. The topological polar surface area (TPSA) is 76.1 Å². The highest BCUT2D eigenvalue weighted by Gasteiger charge is 2.14. The van der Waals surface area contributed by atoms with Crippen LogP contribution < -0.4 is 4.72 Å². The number of sulfonamides is 1. The Kier molecular flexibility index (Phi) is 5.32. The summed E-state index contributed by atoms with van der Waals surface area (Å²) in [6, 6.07) is 8.01. The van der Waals surface area contributed by atoms with E-state index in [9.17, 15) is 12.6 Å². The van der Waals surface area contributed by atoms with Gasteiger partial charge in [-0.25, -0.2) is 18.1 Å². The molecule has 1 aromatic carbocycles. The van der Waals surface area contributed by atoms with E-state index in [-0.39, 0.29) is 11.4 Å². The summed E-state index contributed by atoms with van der Waals surface area (Å²) in [7, 11) is -4.48. The highest BCUT2D eigenvalue weighted by molar-refractivity contribution is 7.89. The maximum atomic E-state index is 12.2. The highest BCUT2D eigenvalue weighted by atomic mass is 35.5. The van der Waals surface area contributed by atoms with Crippen LogP contribution in [0.25, 0.3) is 10.9 Å². The van der Waals surface area contributed by atoms with E-state index in [0.29, 0.717) is 28.2 Å². The van der Waals surface area contributed by atoms with Gasteiger partial charge in [-0.2, -0.15) is 0 Å². The first-order valence-electron chi connectivity index (χ1n) is 6.24. The Labute approximate surface area is 131 Å². The van der Waals surface area contributed by atoms with Crippen molar-refractivity contribution in [1.29, 1.82) is 0 Å². The maximum absolute atomic E-state index is 12.2. The zero-order valence-corrected chi connectivity index (χ0v) is 13.8. The number of pyridine rings is 1. The number of aromatic nitrogens is 1. The molecule has 0 spiro atoms. The zero-order chi connectivity index (χ0) is 15.5. The molecule has 8 heteroatoms. The molecule has 0 bridgehead atoms. The van der Waals surface area contributed by atoms with Gasteiger partial charge in [0.25, 0.3) is 0 Å². The van der Waals surface area contributed by atoms with Crippen LogP contribution in [-0.4, -0.2) is 36.2 Å². The number of hydrogen-bond acceptors (Lipinski definition) is 4. The van der Waals surface area contributed by atoms with Crippen molar-refractivity contribution in [3.05, 3.63) is 35.5 Å². The molecule has 0 amide bonds. The van der Waals surface area contributed by atoms with Crippen LogP contribution in [0, 0.1) is 0 Å². The SMILES string of the molecule is CS(=O)CCCNS(=O)(=O)c1ccc2nc(Cl)ccc2c1. The van der Waals surface area contributed by atoms with Crippen LogP contribution in [-0.2, 0) is 20.8 Å². The standard InChI is InChI=1S/C13H15ClN2O3S2/c1-20(17)8-2-7-15-21(18,19)11-4-5-12-10(9-11)3-6-13(14)16-12/h3-6,9,15H,2,7-8H2,1H3. The maximum Gasteiger partial charge on any atom is 0.240 e. The summed E-state index contributed by atoms with van der Waals surface area (Å²) in [6.45, 7) is 0.263. The number of nitrogens with one attached hydrogen (secondary N) is 1. The van der Waals surface area contributed by atoms with Gasteiger partial charge in [0.05, 0.1) is 10.4 Å². The Morgan fingerprint density at radius 1 is 1.29 bits per heavy atom. The fourth-order valence-electron chi connectivity index (χ4n) is 1.81. The molecular weight excluding hydrogens is 332 g/mol. The lowest BCUT2D eigenvalue weighted by Gasteiger charge is -2.07. The number of rotatable bonds is 6. The first-order chi connectivity index (χ1) is 9.88. The fraction of sp³-hybridized carbons (Fsp3) is 0.308. The van der Waals surface area contributed by atoms with Crippen molar-refractivity contribution in [3.8, 4) is 0 Å². The van der Waals surface area contributed by atoms with E-state index in [4.69, 9.17) is 11.6 Å². The largest absolute Gasteiger partial charge is 0.260 e. The number of halogens is 1. The van der Waals surface area contributed by atoms with Gasteiger partial charge in [-0.05, 0) is 36.8 Å². The van der Waals surface area contributed by atoms with Crippen molar-refractivity contribution < 1.29 is 12.6 Å². The molecule has 2 aromatic rings. The monoisotopic (exact) mass is 346 g/mol. The minimum Gasteiger partial charge on any atom is -0.260 e. The van der Waals surface area contributed by atoms with Crippen molar-refractivity contribution in [2.24, 2.45) is 0 Å². The molecule has 1 heterocycles. The van der Waals surface area contributed by atoms with Gasteiger partial charge >= 0.3 is 0 Å². The van der Waals surface area contributed by atoms with E-state index in [0.717, 1.165) is 0 Å². The lowest BCUT2D eigenvalue weighted by molar-refractivity contribution is 0.581. The number of fused-ring (bicyclic) bond motifs is 1. The number of benzene rings is 1. The van der Waals surface area contributed by atoms with E-state index in [1.54, 1.807) is 30.5 Å². The smallest absolute Gasteiger partial charge is 0.240 e. The van der Waals surface area contributed by atoms with Crippen molar-refractivity contribution >= 4 is 43.3 Å². The second kappa shape index (κ2) is 6.83. The third-order valence-electron chi connectivity index (χ3n) is 2.84. The summed E-state index contributed by atoms with van der Waals surface area (Å²) in [6.07, 6.45) is 2.13. The van der Waals surface area contributed by atoms with Crippen molar-refractivity contribution in [2.75, 3.05) is 18.6 Å². The van der Waals surface area contributed by atoms with Gasteiger partial charge in [0.15, 0.2) is 0 Å². The molecule has 0 saturated heterocycles. The van der Waals surface area contributed by atoms with Crippen LogP contribution in [0.1, 0.15) is 6.42 Å². The van der Waals surface area contributed by atoms with Gasteiger partial charge in [-0.15, -0.1) is 0 Å². The van der Waals surface area contributed by atoms with E-state index < -0.39 is 20.8 Å². The van der Waals surface area contributed by atoms with Gasteiger partial charge in [0.1, 0.15) is 5.15 Å². The van der Waals surface area contributed by atoms with Crippen molar-refractivity contribution in [3.63, 3.8) is 0 Å². The molecule has 5 nitrogen and oxygen atoms in total. The molecule has 2 rings (SSSR count). The molecule has 1 atom stereocenters. The first kappa shape index (κ1) is 16.4. The fourth-order valence-corrected chi connectivity index (χ4v) is 3.63. The van der Waals surface area contributed by atoms with E-state index in [2.05, 4.69) is 9.71 Å². The minimum atomic E-state index is -3.57. The van der Waals surface area contributed by atoms with Crippen LogP contribution in [0.2, 0.25) is 5.15 Å². The van der Waals surface area contributed by atoms with Crippen molar-refractivity contribution in [2.45, 2.75) is 11.3 Å². The number of nitrogens with zero attached hydrogens (tertiary/aromatic N) is 1. The summed E-state index contributed by atoms with van der Waals surface area (Å²) in [5.41, 5.74) is 0.642. The average Bonchev–Trinajstić information content (AvgIpc) is 2.43. The Morgan fingerprint density at radius 2 is 2.05 bits per heavy atom. The molecule has 0 radical (unpaired) electrons. The Bertz CT molecular complexity index is 778. The van der Waals surface area contributed by atoms with E-state index in [1.807, 2.05) is 0 Å². The van der Waals surface area contributed by atoms with Crippen LogP contribution in [0.3, 0.4) is 0 Å². The van der Waals surface area contributed by atoms with E-state index in [1.165, 1.54) is 6.07 Å². The van der Waals surface area contributed by atoms with Gasteiger partial charge < -0.3 is 0 Å². The summed E-state index contributed by atoms with van der Waals surface area (Å²) in [4.78, 5) is 4.29. The molecule has 0 saturated carbocycles. The average molecular weight is 347 g/mol. The summed E-state index contributed by atoms with van der Waals surface area (Å²) < 4.78 is 37.7. The molecule has 0 aliphatic heterocycles. The Hall–Kier alpha value is -1.02. The second-order valence-electron chi connectivity index (χ2n) is 4.52. The van der Waals surface area contributed by atoms with Crippen molar-refractivity contribution in [1.82, 2.24) is 9.71 Å². The summed E-state index contributed by atoms with van der Waals surface area (Å²) in [5, 5.41) is 1.07. The lowest BCUT2D eigenvalue weighted by atomic mass is 10.2. The lowest BCUT2D eigenvalue weighted by Crippen LogP contribution is -2.25. The molecule has 21 heavy (non-hydrogen) atoms. The summed E-state index contributed by atoms with van der Waals surface area (Å²) >= 11 is 5.79. The van der Waals surface area contributed by atoms with Crippen LogP contribution in [0.15, 0.2) is 35.2 Å². The predicted octanol–water partition coefficient (Wildman–Crippen LogP) is 1.94. The third kappa shape index (κ3) is 4.47. The minimum absolute atomic E-state index is 0.178. The number of hydrogen-bond donors (Lipinski definition) is 1. The van der Waals surface area contributed by atoms with Crippen LogP contribution in [0.5, 0.6) is 0 Å². The predicted molar refractivity (Wildman–Crippen MR) is 85.5 cm³/mol. The second-order valence-corrected chi connectivity index (χ2v) is 8.23. The molecular formula is C13H15ClN2O3S2. The van der Waals surface area contributed by atoms with Gasteiger partial charge in [-0.1, -0.05) is 11.6 Å². The van der Waals surface area contributed by atoms with Crippen LogP contribution >= 0.6 is 11.6 Å². The first-order valence-corrected chi connectivity index (χ1v) is 9.83.